The van der Waals surface area contributed by atoms with Crippen molar-refractivity contribution in [2.45, 2.75) is 6.10 Å². The van der Waals surface area contributed by atoms with Gasteiger partial charge in [0, 0.05) is 11.0 Å². The summed E-state index contributed by atoms with van der Waals surface area (Å²) in [5.74, 6) is -0.176. The second-order valence-electron chi connectivity index (χ2n) is 3.86. The fourth-order valence-electron chi connectivity index (χ4n) is 1.74. The maximum Gasteiger partial charge on any atom is 0.255 e. The number of carbonyl (C=O) groups excluding carboxylic acids is 1. The molecule has 1 saturated heterocycles. The number of ether oxygens (including phenoxy) is 1. The van der Waals surface area contributed by atoms with Crippen molar-refractivity contribution in [3.05, 3.63) is 33.3 Å². The minimum atomic E-state index is -0.561. The van der Waals surface area contributed by atoms with Gasteiger partial charge < -0.3 is 9.64 Å². The summed E-state index contributed by atoms with van der Waals surface area (Å²) in [4.78, 5) is 13.9. The molecule has 0 bridgehead atoms. The Morgan fingerprint density at radius 2 is 2.39 bits per heavy atom. The maximum atomic E-state index is 12.3. The maximum absolute atomic E-state index is 12.3. The standard InChI is InChI=1S/C12H10BrClN2O2/c13-8-1-2-11(14)10(5-8)12(17)16-3-4-18-9(6-15)7-16/h1-2,5,9H,3-4,7H2. The van der Waals surface area contributed by atoms with Crippen molar-refractivity contribution in [1.82, 2.24) is 4.90 Å². The van der Waals surface area contributed by atoms with Gasteiger partial charge >= 0.3 is 0 Å². The van der Waals surface area contributed by atoms with Gasteiger partial charge in [0.1, 0.15) is 0 Å². The summed E-state index contributed by atoms with van der Waals surface area (Å²) in [5, 5.41) is 9.22. The molecule has 1 aromatic carbocycles. The third-order valence-electron chi connectivity index (χ3n) is 2.66. The number of hydrogen-bond acceptors (Lipinski definition) is 3. The molecule has 1 aromatic rings. The molecule has 1 unspecified atom stereocenters. The Labute approximate surface area is 118 Å². The van der Waals surface area contributed by atoms with Crippen molar-refractivity contribution in [2.24, 2.45) is 0 Å². The Balaban J connectivity index is 2.21. The summed E-state index contributed by atoms with van der Waals surface area (Å²) in [7, 11) is 0. The van der Waals surface area contributed by atoms with E-state index in [0.29, 0.717) is 23.7 Å². The highest BCUT2D eigenvalue weighted by Gasteiger charge is 2.26. The summed E-state index contributed by atoms with van der Waals surface area (Å²) in [6, 6.07) is 7.13. The number of morpholine rings is 1. The van der Waals surface area contributed by atoms with Gasteiger partial charge in [0.15, 0.2) is 6.10 Å². The van der Waals surface area contributed by atoms with E-state index in [2.05, 4.69) is 15.9 Å². The lowest BCUT2D eigenvalue weighted by Crippen LogP contribution is -2.45. The third kappa shape index (κ3) is 2.83. The van der Waals surface area contributed by atoms with E-state index in [1.807, 2.05) is 6.07 Å². The second-order valence-corrected chi connectivity index (χ2v) is 5.19. The van der Waals surface area contributed by atoms with Crippen molar-refractivity contribution in [3.63, 3.8) is 0 Å². The van der Waals surface area contributed by atoms with E-state index in [0.717, 1.165) is 4.47 Å². The van der Waals surface area contributed by atoms with Crippen LogP contribution in [0, 0.1) is 11.3 Å². The average molecular weight is 330 g/mol. The number of halogens is 2. The first-order valence-electron chi connectivity index (χ1n) is 5.37. The fraction of sp³-hybridized carbons (Fsp3) is 0.333. The normalized spacial score (nSPS) is 19.4. The SMILES string of the molecule is N#CC1CN(C(=O)c2cc(Br)ccc2Cl)CCO1. The molecule has 1 atom stereocenters. The van der Waals surface area contributed by atoms with Crippen molar-refractivity contribution in [2.75, 3.05) is 19.7 Å². The minimum absolute atomic E-state index is 0.176. The van der Waals surface area contributed by atoms with Crippen LogP contribution in [-0.2, 0) is 4.74 Å². The number of rotatable bonds is 1. The second kappa shape index (κ2) is 5.70. The van der Waals surface area contributed by atoms with Gasteiger partial charge in [0.25, 0.3) is 5.91 Å². The van der Waals surface area contributed by atoms with Crippen molar-refractivity contribution in [3.8, 4) is 6.07 Å². The van der Waals surface area contributed by atoms with Gasteiger partial charge in [-0.3, -0.25) is 4.79 Å². The number of carbonyl (C=O) groups is 1. The van der Waals surface area contributed by atoms with Crippen molar-refractivity contribution in [1.29, 1.82) is 5.26 Å². The molecule has 1 fully saturated rings. The molecule has 6 heteroatoms. The number of hydrogen-bond donors (Lipinski definition) is 0. The molecule has 4 nitrogen and oxygen atoms in total. The molecule has 94 valence electrons. The van der Waals surface area contributed by atoms with E-state index >= 15 is 0 Å². The van der Waals surface area contributed by atoms with Crippen LogP contribution in [0.1, 0.15) is 10.4 Å². The fourth-order valence-corrected chi connectivity index (χ4v) is 2.30. The lowest BCUT2D eigenvalue weighted by molar-refractivity contribution is 0.00347. The highest BCUT2D eigenvalue weighted by atomic mass is 79.9. The highest BCUT2D eigenvalue weighted by Crippen LogP contribution is 2.23. The molecule has 0 N–H and O–H groups in total. The summed E-state index contributed by atoms with van der Waals surface area (Å²) < 4.78 is 5.99. The molecule has 1 heterocycles. The first-order valence-corrected chi connectivity index (χ1v) is 6.54. The number of benzene rings is 1. The first kappa shape index (κ1) is 13.3. The van der Waals surface area contributed by atoms with Crippen LogP contribution in [0.25, 0.3) is 0 Å². The summed E-state index contributed by atoms with van der Waals surface area (Å²) in [6.45, 7) is 1.12. The topological polar surface area (TPSA) is 53.3 Å². The zero-order valence-corrected chi connectivity index (χ0v) is 11.7. The van der Waals surface area contributed by atoms with E-state index < -0.39 is 6.10 Å². The van der Waals surface area contributed by atoms with E-state index in [9.17, 15) is 4.79 Å². The van der Waals surface area contributed by atoms with Crippen LogP contribution >= 0.6 is 27.5 Å². The van der Waals surface area contributed by atoms with Gasteiger partial charge in [0.2, 0.25) is 0 Å². The van der Waals surface area contributed by atoms with Gasteiger partial charge in [0.05, 0.1) is 29.8 Å². The Bertz CT molecular complexity index is 515. The van der Waals surface area contributed by atoms with Crippen molar-refractivity contribution < 1.29 is 9.53 Å². The van der Waals surface area contributed by atoms with Crippen LogP contribution in [0.3, 0.4) is 0 Å². The Hall–Kier alpha value is -1.09. The van der Waals surface area contributed by atoms with Crippen molar-refractivity contribution >= 4 is 33.4 Å². The van der Waals surface area contributed by atoms with Crippen LogP contribution in [0.4, 0.5) is 0 Å². The molecule has 0 aliphatic carbocycles. The Morgan fingerprint density at radius 1 is 1.61 bits per heavy atom. The molecule has 1 aliphatic heterocycles. The number of nitriles is 1. The van der Waals surface area contributed by atoms with Gasteiger partial charge in [-0.05, 0) is 18.2 Å². The van der Waals surface area contributed by atoms with Gasteiger partial charge in [-0.2, -0.15) is 5.26 Å². The zero-order chi connectivity index (χ0) is 13.1. The van der Waals surface area contributed by atoms with E-state index in [4.69, 9.17) is 21.6 Å². The van der Waals surface area contributed by atoms with Gasteiger partial charge in [-0.1, -0.05) is 27.5 Å². The van der Waals surface area contributed by atoms with E-state index in [1.165, 1.54) is 0 Å². The van der Waals surface area contributed by atoms with Crippen LogP contribution in [0.2, 0.25) is 5.02 Å². The molecular formula is C12H10BrClN2O2. The summed E-state index contributed by atoms with van der Waals surface area (Å²) >= 11 is 9.32. The largest absolute Gasteiger partial charge is 0.360 e. The number of amides is 1. The molecule has 1 amide bonds. The van der Waals surface area contributed by atoms with Gasteiger partial charge in [-0.15, -0.1) is 0 Å². The Kier molecular flexibility index (Phi) is 4.23. The van der Waals surface area contributed by atoms with Crippen LogP contribution in [0.5, 0.6) is 0 Å². The molecule has 0 saturated carbocycles. The van der Waals surface area contributed by atoms with Crippen LogP contribution < -0.4 is 0 Å². The highest BCUT2D eigenvalue weighted by molar-refractivity contribution is 9.10. The van der Waals surface area contributed by atoms with E-state index in [-0.39, 0.29) is 12.5 Å². The predicted molar refractivity (Wildman–Crippen MR) is 70.4 cm³/mol. The lowest BCUT2D eigenvalue weighted by Gasteiger charge is -2.30. The Morgan fingerprint density at radius 3 is 3.11 bits per heavy atom. The predicted octanol–water partition coefficient (Wildman–Crippen LogP) is 2.47. The third-order valence-corrected chi connectivity index (χ3v) is 3.48. The molecule has 0 spiro atoms. The number of nitrogens with zero attached hydrogens (tertiary/aromatic N) is 2. The monoisotopic (exact) mass is 328 g/mol. The minimum Gasteiger partial charge on any atom is -0.360 e. The molecule has 0 radical (unpaired) electrons. The van der Waals surface area contributed by atoms with E-state index in [1.54, 1.807) is 23.1 Å². The molecule has 18 heavy (non-hydrogen) atoms. The van der Waals surface area contributed by atoms with Crippen LogP contribution in [0.15, 0.2) is 22.7 Å². The van der Waals surface area contributed by atoms with Gasteiger partial charge in [-0.25, -0.2) is 0 Å². The quantitative estimate of drug-likeness (QED) is 0.795. The zero-order valence-electron chi connectivity index (χ0n) is 9.40. The molecule has 0 aromatic heterocycles. The first-order chi connectivity index (χ1) is 8.61. The molecule has 2 rings (SSSR count). The lowest BCUT2D eigenvalue weighted by atomic mass is 10.1. The van der Waals surface area contributed by atoms with Crippen LogP contribution in [-0.4, -0.2) is 36.6 Å². The molecule has 1 aliphatic rings. The molecular weight excluding hydrogens is 320 g/mol. The average Bonchev–Trinajstić information content (AvgIpc) is 2.41. The summed E-state index contributed by atoms with van der Waals surface area (Å²) in [6.07, 6.45) is -0.561. The summed E-state index contributed by atoms with van der Waals surface area (Å²) in [5.41, 5.74) is 0.435. The smallest absolute Gasteiger partial charge is 0.255 e.